The molecular weight excluding hydrogens is 1660 g/mol. The number of para-hydroxylation sites is 3. The standard InChI is InChI=1S/C34H21NS2.C34H23NS.C28H19NS.C23H16N2S/c1-2-8-21(9-3-1)23-18-29(35-24-15-17-31-28(20-24)26-12-6-7-13-30(26)36-31)33-27-16-14-22-10-4-5-11-25(22)34(27)37-32(33)19-23;1-3-10-23(11-4-1)25-13-9-14-26(20-25)30-21-28(35-27-15-5-2-6-16-27)22-31-33-29-17-8-7-12-24(29)18-19-32(33)36-34(30)31;1-3-9-19(10-4-1)23-15-16-25(29-22-13-5-2-6-14-22)28-27(23)24-17-20-11-7-8-12-21(20)18-26(24)30-28;1-2-8-17(9-3-1)25-18-13-20(16-7-6-12-24-15-16)23-21(14-18)19-10-4-5-11-22(19)26-23/h1-20,35H;1-22,35H;1-18,29H;1-15,25H. The number of benzene rings is 20. The monoisotopic (exact) mass is 1740 g/mol. The Hall–Kier alpha value is -15.4. The number of thiophene rings is 5. The fraction of sp³-hybridized carbons (Fsp3) is 0. The maximum absolute atomic E-state index is 4.32. The molecule has 0 radical (unpaired) electrons. The molecule has 6 aromatic heterocycles. The predicted molar refractivity (Wildman–Crippen MR) is 567 cm³/mol. The van der Waals surface area contributed by atoms with Gasteiger partial charge in [0.25, 0.3) is 0 Å². The van der Waals surface area contributed by atoms with E-state index in [0.29, 0.717) is 0 Å². The van der Waals surface area contributed by atoms with Crippen molar-refractivity contribution in [3.8, 4) is 55.6 Å². The topological polar surface area (TPSA) is 61.0 Å². The Morgan fingerprint density at radius 2 is 0.651 bits per heavy atom. The fourth-order valence-corrected chi connectivity index (χ4v) is 24.2. The number of pyridine rings is 1. The van der Waals surface area contributed by atoms with Crippen LogP contribution >= 0.6 is 56.7 Å². The molecule has 0 aliphatic heterocycles. The molecule has 0 bridgehead atoms. The molecule has 0 spiro atoms. The molecule has 6 heterocycles. The smallest absolute Gasteiger partial charge is 0.0596 e. The van der Waals surface area contributed by atoms with Crippen LogP contribution in [0.3, 0.4) is 0 Å². The second kappa shape index (κ2) is 34.5. The molecule has 610 valence electrons. The van der Waals surface area contributed by atoms with E-state index in [1.807, 2.05) is 105 Å². The largest absolute Gasteiger partial charge is 0.355 e. The Kier molecular flexibility index (Phi) is 21.0. The van der Waals surface area contributed by atoms with Gasteiger partial charge in [-0.1, -0.05) is 303 Å². The number of nitrogens with one attached hydrogen (secondary N) is 4. The summed E-state index contributed by atoms with van der Waals surface area (Å²) in [6.07, 6.45) is 3.75. The number of aromatic nitrogens is 1. The van der Waals surface area contributed by atoms with Crippen molar-refractivity contribution in [3.05, 3.63) is 455 Å². The van der Waals surface area contributed by atoms with Crippen LogP contribution < -0.4 is 21.3 Å². The van der Waals surface area contributed by atoms with Crippen LogP contribution in [-0.4, -0.2) is 4.98 Å². The SMILES string of the molecule is c1ccc(-c2cc(Nc3ccc4sc5ccccc5c4c3)c3c(c2)sc2c4ccccc4ccc23)cc1.c1ccc(Nc2cc(-c3cccc(-c4ccccc4)c3)c3sc4ccc5ccccc5c4c3c2)cc1.c1ccc(Nc2cc(-c3cccnc3)c3sc4ccccc4c3c2)cc1.c1ccc(Nc2ccc(-c3ccccc3)c3c2sc2cc4ccccc4cc23)cc1. The molecule has 4 N–H and O–H groups in total. The Morgan fingerprint density at radius 3 is 1.33 bits per heavy atom. The summed E-state index contributed by atoms with van der Waals surface area (Å²) in [6, 6.07) is 158. The molecule has 0 unspecified atom stereocenters. The molecule has 20 aromatic carbocycles. The first-order chi connectivity index (χ1) is 63.9. The number of nitrogens with zero attached hydrogens (tertiary/aromatic N) is 1. The van der Waals surface area contributed by atoms with Gasteiger partial charge in [-0.25, -0.2) is 0 Å². The zero-order chi connectivity index (χ0) is 85.5. The number of rotatable bonds is 13. The minimum Gasteiger partial charge on any atom is -0.355 e. The molecule has 26 aromatic rings. The van der Waals surface area contributed by atoms with E-state index in [1.165, 1.54) is 183 Å². The summed E-state index contributed by atoms with van der Waals surface area (Å²) in [5, 5.41) is 35.5. The summed E-state index contributed by atoms with van der Waals surface area (Å²) in [5.74, 6) is 0. The van der Waals surface area contributed by atoms with E-state index in [0.717, 1.165) is 51.1 Å². The third-order valence-electron chi connectivity index (χ3n) is 24.2. The van der Waals surface area contributed by atoms with Gasteiger partial charge in [-0.15, -0.1) is 56.7 Å². The van der Waals surface area contributed by atoms with Crippen LogP contribution in [0.1, 0.15) is 0 Å². The molecule has 10 heteroatoms. The first-order valence-electron chi connectivity index (χ1n) is 43.3. The Morgan fingerprint density at radius 1 is 0.171 bits per heavy atom. The molecule has 129 heavy (non-hydrogen) atoms. The molecule has 0 aliphatic carbocycles. The van der Waals surface area contributed by atoms with Crippen LogP contribution in [0.2, 0.25) is 0 Å². The zero-order valence-corrected chi connectivity index (χ0v) is 73.9. The van der Waals surface area contributed by atoms with Gasteiger partial charge in [0.05, 0.1) is 10.4 Å². The van der Waals surface area contributed by atoms with Crippen LogP contribution in [0.5, 0.6) is 0 Å². The number of hydrogen-bond donors (Lipinski definition) is 4. The second-order valence-corrected chi connectivity index (χ2v) is 37.6. The van der Waals surface area contributed by atoms with E-state index >= 15 is 0 Å². The van der Waals surface area contributed by atoms with Crippen molar-refractivity contribution in [3.63, 3.8) is 0 Å². The van der Waals surface area contributed by atoms with Crippen molar-refractivity contribution >= 4 is 235 Å². The Labute approximate surface area is 766 Å². The number of hydrogen-bond acceptors (Lipinski definition) is 10. The normalized spacial score (nSPS) is 11.4. The average molecular weight is 1740 g/mol. The maximum atomic E-state index is 4.32. The van der Waals surface area contributed by atoms with Gasteiger partial charge in [0.2, 0.25) is 0 Å². The summed E-state index contributed by atoms with van der Waals surface area (Å²) >= 11 is 9.35. The van der Waals surface area contributed by atoms with Gasteiger partial charge in [0, 0.05) is 165 Å². The molecule has 26 rings (SSSR count). The highest BCUT2D eigenvalue weighted by molar-refractivity contribution is 7.28. The van der Waals surface area contributed by atoms with Crippen molar-refractivity contribution in [2.24, 2.45) is 0 Å². The van der Waals surface area contributed by atoms with Gasteiger partial charge in [-0.2, -0.15) is 0 Å². The van der Waals surface area contributed by atoms with Crippen molar-refractivity contribution in [1.29, 1.82) is 0 Å². The van der Waals surface area contributed by atoms with Gasteiger partial charge in [0.1, 0.15) is 0 Å². The highest BCUT2D eigenvalue weighted by Gasteiger charge is 2.22. The van der Waals surface area contributed by atoms with E-state index in [2.05, 4.69) is 433 Å². The molecule has 0 saturated carbocycles. The molecule has 0 amide bonds. The lowest BCUT2D eigenvalue weighted by molar-refractivity contribution is 1.33. The van der Waals surface area contributed by atoms with Gasteiger partial charge in [-0.3, -0.25) is 4.98 Å². The lowest BCUT2D eigenvalue weighted by atomic mass is 9.96. The summed E-state index contributed by atoms with van der Waals surface area (Å²) in [7, 11) is 0. The van der Waals surface area contributed by atoms with Crippen LogP contribution in [0, 0.1) is 0 Å². The van der Waals surface area contributed by atoms with Crippen LogP contribution in [-0.2, 0) is 0 Å². The van der Waals surface area contributed by atoms with Crippen molar-refractivity contribution in [2.75, 3.05) is 21.3 Å². The Balaban J connectivity index is 0.0000000991. The van der Waals surface area contributed by atoms with Gasteiger partial charge >= 0.3 is 0 Å². The minimum absolute atomic E-state index is 1.09. The summed E-state index contributed by atoms with van der Waals surface area (Å²) in [5.41, 5.74) is 21.2. The van der Waals surface area contributed by atoms with E-state index < -0.39 is 0 Å². The van der Waals surface area contributed by atoms with Gasteiger partial charge in [0.15, 0.2) is 0 Å². The first kappa shape index (κ1) is 78.4. The van der Waals surface area contributed by atoms with Crippen molar-refractivity contribution in [1.82, 2.24) is 4.98 Å². The quantitative estimate of drug-likeness (QED) is 0.0927. The minimum atomic E-state index is 1.09. The highest BCUT2D eigenvalue weighted by Crippen LogP contribution is 2.51. The third-order valence-corrected chi connectivity index (χ3v) is 30.1. The lowest BCUT2D eigenvalue weighted by Gasteiger charge is -2.12. The van der Waals surface area contributed by atoms with Gasteiger partial charge < -0.3 is 21.3 Å². The molecule has 0 aliphatic rings. The number of anilines is 8. The maximum Gasteiger partial charge on any atom is 0.0596 e. The van der Waals surface area contributed by atoms with Crippen molar-refractivity contribution < 1.29 is 0 Å². The third kappa shape index (κ3) is 15.6. The van der Waals surface area contributed by atoms with E-state index in [1.54, 1.807) is 0 Å². The predicted octanol–water partition coefficient (Wildman–Crippen LogP) is 36.7. The molecule has 5 nitrogen and oxygen atoms in total. The number of fused-ring (bicyclic) bond motifs is 20. The molecule has 0 fully saturated rings. The van der Waals surface area contributed by atoms with E-state index in [-0.39, 0.29) is 0 Å². The Bertz CT molecular complexity index is 8670. The van der Waals surface area contributed by atoms with Crippen molar-refractivity contribution in [2.45, 2.75) is 0 Å². The van der Waals surface area contributed by atoms with Crippen LogP contribution in [0.25, 0.3) is 189 Å². The first-order valence-corrected chi connectivity index (χ1v) is 47.4. The average Bonchev–Trinajstić information content (AvgIpc) is 1.61. The van der Waals surface area contributed by atoms with E-state index in [9.17, 15) is 0 Å². The molecule has 0 atom stereocenters. The molecular formula is C119H79N5S5. The lowest BCUT2D eigenvalue weighted by Crippen LogP contribution is -1.92. The van der Waals surface area contributed by atoms with E-state index in [4.69, 9.17) is 0 Å². The van der Waals surface area contributed by atoms with Crippen LogP contribution in [0.4, 0.5) is 45.5 Å². The fourth-order valence-electron chi connectivity index (χ4n) is 18.1. The summed E-state index contributed by atoms with van der Waals surface area (Å²) < 4.78 is 13.2. The van der Waals surface area contributed by atoms with Gasteiger partial charge in [-0.05, 0) is 211 Å². The summed E-state index contributed by atoms with van der Waals surface area (Å²) in [4.78, 5) is 4.32. The highest BCUT2D eigenvalue weighted by atomic mass is 32.1. The zero-order valence-electron chi connectivity index (χ0n) is 69.8. The van der Waals surface area contributed by atoms with Crippen LogP contribution in [0.15, 0.2) is 455 Å². The summed E-state index contributed by atoms with van der Waals surface area (Å²) in [6.45, 7) is 0. The molecule has 0 saturated heterocycles. The second-order valence-electron chi connectivity index (χ2n) is 32.3.